The maximum absolute atomic E-state index is 12.1. The molecule has 1 unspecified atom stereocenters. The summed E-state index contributed by atoms with van der Waals surface area (Å²) in [6, 6.07) is 2.12. The van der Waals surface area contributed by atoms with Crippen molar-refractivity contribution in [2.45, 2.75) is 51.5 Å². The Labute approximate surface area is 113 Å². The third-order valence-corrected chi connectivity index (χ3v) is 4.51. The average molecular weight is 261 g/mol. The van der Waals surface area contributed by atoms with Crippen LogP contribution in [0.25, 0.3) is 0 Å². The molecule has 96 valence electrons. The summed E-state index contributed by atoms with van der Waals surface area (Å²) in [5.74, 6) is 2.59. The van der Waals surface area contributed by atoms with Crippen LogP contribution in [-0.4, -0.2) is 11.9 Å². The average Bonchev–Trinajstić information content (AvgIpc) is 2.61. The van der Waals surface area contributed by atoms with Gasteiger partial charge in [0.1, 0.15) is 0 Å². The summed E-state index contributed by atoms with van der Waals surface area (Å²) < 4.78 is 0. The number of rotatable bonds is 3. The molecule has 1 N–H and O–H groups in total. The van der Waals surface area contributed by atoms with Crippen LogP contribution in [-0.2, 0) is 12.8 Å². The van der Waals surface area contributed by atoms with Crippen LogP contribution in [0.5, 0.6) is 0 Å². The number of aryl methyl sites for hydroxylation is 2. The predicted molar refractivity (Wildman–Crippen MR) is 76.0 cm³/mol. The van der Waals surface area contributed by atoms with Crippen molar-refractivity contribution < 1.29 is 4.79 Å². The minimum Gasteiger partial charge on any atom is -0.348 e. The Hall–Kier alpha value is -1.27. The number of nitrogens with one attached hydrogen (secondary N) is 1. The standard InChI is InChI=1S/C15H19NOS/c1-3-7-11(2)16-15(17)14-10-12-8-5-4-6-9-13(12)18-14/h1,10-11H,4-9H2,2H3,(H,16,17). The van der Waals surface area contributed by atoms with Gasteiger partial charge in [-0.2, -0.15) is 0 Å². The molecule has 1 heterocycles. The lowest BCUT2D eigenvalue weighted by atomic mass is 10.1. The normalized spacial score (nSPS) is 16.2. The lowest BCUT2D eigenvalue weighted by molar-refractivity contribution is 0.0945. The molecule has 3 heteroatoms. The lowest BCUT2D eigenvalue weighted by Crippen LogP contribution is -2.31. The zero-order valence-electron chi connectivity index (χ0n) is 10.8. The van der Waals surface area contributed by atoms with Crippen molar-refractivity contribution in [3.05, 3.63) is 21.4 Å². The van der Waals surface area contributed by atoms with Crippen molar-refractivity contribution in [2.75, 3.05) is 0 Å². The van der Waals surface area contributed by atoms with E-state index in [0.717, 1.165) is 17.7 Å². The molecule has 0 saturated carbocycles. The Morgan fingerprint density at radius 1 is 1.50 bits per heavy atom. The van der Waals surface area contributed by atoms with E-state index in [0.29, 0.717) is 6.42 Å². The number of carbonyl (C=O) groups excluding carboxylic acids is 1. The summed E-state index contributed by atoms with van der Waals surface area (Å²) in [7, 11) is 0. The van der Waals surface area contributed by atoms with Crippen LogP contribution in [0, 0.1) is 12.3 Å². The van der Waals surface area contributed by atoms with Gasteiger partial charge in [0.25, 0.3) is 5.91 Å². The molecule has 1 atom stereocenters. The van der Waals surface area contributed by atoms with Gasteiger partial charge in [-0.25, -0.2) is 0 Å². The number of thiophene rings is 1. The molecule has 1 aliphatic carbocycles. The van der Waals surface area contributed by atoms with Crippen LogP contribution in [0.4, 0.5) is 0 Å². The van der Waals surface area contributed by atoms with Crippen LogP contribution < -0.4 is 5.32 Å². The highest BCUT2D eigenvalue weighted by Gasteiger charge is 2.17. The van der Waals surface area contributed by atoms with Crippen molar-refractivity contribution in [1.82, 2.24) is 5.32 Å². The summed E-state index contributed by atoms with van der Waals surface area (Å²) in [4.78, 5) is 14.3. The topological polar surface area (TPSA) is 29.1 Å². The van der Waals surface area contributed by atoms with Crippen LogP contribution in [0.3, 0.4) is 0 Å². The number of hydrogen-bond acceptors (Lipinski definition) is 2. The highest BCUT2D eigenvalue weighted by atomic mass is 32.1. The summed E-state index contributed by atoms with van der Waals surface area (Å²) in [6.07, 6.45) is 11.9. The van der Waals surface area contributed by atoms with Gasteiger partial charge < -0.3 is 5.32 Å². The van der Waals surface area contributed by atoms with E-state index >= 15 is 0 Å². The van der Waals surface area contributed by atoms with E-state index in [2.05, 4.69) is 17.3 Å². The molecule has 0 bridgehead atoms. The van der Waals surface area contributed by atoms with Gasteiger partial charge in [0.05, 0.1) is 4.88 Å². The second kappa shape index (κ2) is 6.06. The van der Waals surface area contributed by atoms with Gasteiger partial charge in [-0.1, -0.05) is 6.42 Å². The van der Waals surface area contributed by atoms with E-state index in [1.165, 1.54) is 29.7 Å². The fraction of sp³-hybridized carbons (Fsp3) is 0.533. The summed E-state index contributed by atoms with van der Waals surface area (Å²) >= 11 is 1.65. The molecule has 0 radical (unpaired) electrons. The smallest absolute Gasteiger partial charge is 0.261 e. The fourth-order valence-corrected chi connectivity index (χ4v) is 3.46. The molecule has 2 rings (SSSR count). The maximum atomic E-state index is 12.1. The minimum absolute atomic E-state index is 0.0239. The van der Waals surface area contributed by atoms with E-state index in [-0.39, 0.29) is 11.9 Å². The minimum atomic E-state index is 0.0239. The third kappa shape index (κ3) is 3.14. The van der Waals surface area contributed by atoms with Gasteiger partial charge in [-0.15, -0.1) is 23.7 Å². The maximum Gasteiger partial charge on any atom is 0.261 e. The molecule has 1 aliphatic rings. The van der Waals surface area contributed by atoms with E-state index in [4.69, 9.17) is 6.42 Å². The molecule has 1 aromatic heterocycles. The first-order chi connectivity index (χ1) is 8.70. The van der Waals surface area contributed by atoms with E-state index in [9.17, 15) is 4.79 Å². The zero-order valence-corrected chi connectivity index (χ0v) is 11.6. The number of fused-ring (bicyclic) bond motifs is 1. The van der Waals surface area contributed by atoms with E-state index < -0.39 is 0 Å². The van der Waals surface area contributed by atoms with E-state index in [1.54, 1.807) is 11.3 Å². The molecule has 18 heavy (non-hydrogen) atoms. The van der Waals surface area contributed by atoms with Crippen LogP contribution in [0.1, 0.15) is 52.7 Å². The molecule has 0 saturated heterocycles. The van der Waals surface area contributed by atoms with Crippen LogP contribution in [0.15, 0.2) is 6.07 Å². The van der Waals surface area contributed by atoms with Crippen molar-refractivity contribution in [3.8, 4) is 12.3 Å². The van der Waals surface area contributed by atoms with Gasteiger partial charge >= 0.3 is 0 Å². The Balaban J connectivity index is 2.05. The summed E-state index contributed by atoms with van der Waals surface area (Å²) in [5, 5.41) is 2.95. The Morgan fingerprint density at radius 2 is 2.28 bits per heavy atom. The van der Waals surface area contributed by atoms with Crippen LogP contribution in [0.2, 0.25) is 0 Å². The first-order valence-electron chi connectivity index (χ1n) is 6.56. The Bertz CT molecular complexity index is 446. The quantitative estimate of drug-likeness (QED) is 0.657. The van der Waals surface area contributed by atoms with Gasteiger partial charge in [0.2, 0.25) is 0 Å². The fourth-order valence-electron chi connectivity index (χ4n) is 2.30. The van der Waals surface area contributed by atoms with Gasteiger partial charge in [0.15, 0.2) is 0 Å². The molecule has 0 fully saturated rings. The third-order valence-electron chi connectivity index (χ3n) is 3.27. The highest BCUT2D eigenvalue weighted by molar-refractivity contribution is 7.14. The Morgan fingerprint density at radius 3 is 3.06 bits per heavy atom. The number of amides is 1. The van der Waals surface area contributed by atoms with Crippen molar-refractivity contribution >= 4 is 17.2 Å². The first-order valence-corrected chi connectivity index (χ1v) is 7.38. The SMILES string of the molecule is C#CCC(C)NC(=O)c1cc2c(s1)CCCCC2. The Kier molecular flexibility index (Phi) is 4.43. The molecule has 0 aromatic carbocycles. The number of terminal acetylenes is 1. The lowest BCUT2D eigenvalue weighted by Gasteiger charge is -2.09. The predicted octanol–water partition coefficient (Wildman–Crippen LogP) is 3.16. The second-order valence-electron chi connectivity index (χ2n) is 4.90. The summed E-state index contributed by atoms with van der Waals surface area (Å²) in [5.41, 5.74) is 1.38. The molecular weight excluding hydrogens is 242 g/mol. The number of hydrogen-bond donors (Lipinski definition) is 1. The van der Waals surface area contributed by atoms with Crippen molar-refractivity contribution in [2.24, 2.45) is 0 Å². The molecule has 1 amide bonds. The molecular formula is C15H19NOS. The molecule has 0 aliphatic heterocycles. The second-order valence-corrected chi connectivity index (χ2v) is 6.04. The van der Waals surface area contributed by atoms with Gasteiger partial charge in [0, 0.05) is 17.3 Å². The highest BCUT2D eigenvalue weighted by Crippen LogP contribution is 2.28. The van der Waals surface area contributed by atoms with Gasteiger partial charge in [-0.05, 0) is 44.2 Å². The van der Waals surface area contributed by atoms with E-state index in [1.807, 2.05) is 6.92 Å². The molecule has 2 nitrogen and oxygen atoms in total. The molecule has 0 spiro atoms. The first kappa shape index (κ1) is 13.2. The number of carbonyl (C=O) groups is 1. The largest absolute Gasteiger partial charge is 0.348 e. The monoisotopic (exact) mass is 261 g/mol. The van der Waals surface area contributed by atoms with Crippen LogP contribution >= 0.6 is 11.3 Å². The van der Waals surface area contributed by atoms with Crippen molar-refractivity contribution in [1.29, 1.82) is 0 Å². The summed E-state index contributed by atoms with van der Waals surface area (Å²) in [6.45, 7) is 1.94. The van der Waals surface area contributed by atoms with Gasteiger partial charge in [-0.3, -0.25) is 4.79 Å². The van der Waals surface area contributed by atoms with Crippen molar-refractivity contribution in [3.63, 3.8) is 0 Å². The molecule has 1 aromatic rings. The zero-order chi connectivity index (χ0) is 13.0.